The third kappa shape index (κ3) is 10.6. The molecule has 0 aromatic rings. The third-order valence-electron chi connectivity index (χ3n) is 6.10. The molecule has 1 saturated carbocycles. The second-order valence-corrected chi connectivity index (χ2v) is 11.3. The third-order valence-corrected chi connectivity index (χ3v) is 8.75. The Morgan fingerprint density at radius 2 is 1.57 bits per heavy atom. The maximum absolute atomic E-state index is 12.3. The molecule has 0 spiro atoms. The van der Waals surface area contributed by atoms with Crippen molar-refractivity contribution in [3.05, 3.63) is 0 Å². The first-order valence-electron chi connectivity index (χ1n) is 11.8. The lowest BCUT2D eigenvalue weighted by atomic mass is 9.68. The molecule has 0 N–H and O–H groups in total. The number of carbonyl (C=O) groups excluding carboxylic acids is 1. The largest absolute Gasteiger partial charge is 0.516 e. The average Bonchev–Trinajstić information content (AvgIpc) is 2.67. The molecule has 1 aliphatic rings. The van der Waals surface area contributed by atoms with E-state index in [1.54, 1.807) is 0 Å². The van der Waals surface area contributed by atoms with Crippen LogP contribution < -0.4 is 0 Å². The summed E-state index contributed by atoms with van der Waals surface area (Å²) in [5.41, 5.74) is 1.17. The van der Waals surface area contributed by atoms with Crippen LogP contribution in [-0.2, 0) is 13.6 Å². The van der Waals surface area contributed by atoms with Crippen molar-refractivity contribution >= 4 is 25.5 Å². The monoisotopic (exact) mass is 424 g/mol. The molecule has 0 bridgehead atoms. The molecule has 4 radical (unpaired) electrons. The van der Waals surface area contributed by atoms with Gasteiger partial charge < -0.3 is 8.85 Å². The van der Waals surface area contributed by atoms with Gasteiger partial charge in [-0.1, -0.05) is 59.3 Å². The van der Waals surface area contributed by atoms with E-state index in [0.29, 0.717) is 30.5 Å². The van der Waals surface area contributed by atoms with E-state index in [0.717, 1.165) is 6.04 Å². The minimum Gasteiger partial charge on any atom is -0.516 e. The van der Waals surface area contributed by atoms with E-state index < -0.39 is 0 Å². The van der Waals surface area contributed by atoms with E-state index in [1.807, 2.05) is 20.8 Å². The van der Waals surface area contributed by atoms with Crippen LogP contribution in [0.4, 0.5) is 0 Å². The fourth-order valence-corrected chi connectivity index (χ4v) is 5.99. The van der Waals surface area contributed by atoms with Crippen LogP contribution in [-0.4, -0.2) is 31.6 Å². The van der Waals surface area contributed by atoms with Crippen molar-refractivity contribution in [2.75, 3.05) is 0 Å². The first-order valence-corrected chi connectivity index (χ1v) is 13.9. The molecule has 3 nitrogen and oxygen atoms in total. The minimum absolute atomic E-state index is 0.0269. The molecule has 1 fully saturated rings. The summed E-state index contributed by atoms with van der Waals surface area (Å²) in [4.78, 5) is 12.3. The van der Waals surface area contributed by atoms with Crippen molar-refractivity contribution in [3.63, 3.8) is 0 Å². The number of carbonyl (C=O) groups is 1. The summed E-state index contributed by atoms with van der Waals surface area (Å²) >= 11 is 0. The first-order chi connectivity index (χ1) is 13.4. The van der Waals surface area contributed by atoms with Gasteiger partial charge in [0.25, 0.3) is 5.97 Å². The molecule has 162 valence electrons. The Labute approximate surface area is 180 Å². The van der Waals surface area contributed by atoms with E-state index in [-0.39, 0.29) is 18.0 Å². The molecule has 1 rings (SSSR count). The van der Waals surface area contributed by atoms with E-state index in [4.69, 9.17) is 8.85 Å². The van der Waals surface area contributed by atoms with E-state index in [2.05, 4.69) is 13.8 Å². The van der Waals surface area contributed by atoms with Gasteiger partial charge in [0, 0.05) is 6.10 Å². The fraction of sp³-hybridized carbons (Fsp3) is 0.957. The molecular weight excluding hydrogens is 380 g/mol. The summed E-state index contributed by atoms with van der Waals surface area (Å²) in [6, 6.07) is 0.782. The van der Waals surface area contributed by atoms with Gasteiger partial charge in [0.2, 0.25) is 9.76 Å². The lowest BCUT2D eigenvalue weighted by Crippen LogP contribution is -2.29. The molecule has 0 aromatic carbocycles. The van der Waals surface area contributed by atoms with Gasteiger partial charge in [0.15, 0.2) is 0 Å². The molecule has 0 heterocycles. The normalized spacial score (nSPS) is 18.4. The van der Waals surface area contributed by atoms with Gasteiger partial charge in [-0.2, -0.15) is 0 Å². The highest BCUT2D eigenvalue weighted by atomic mass is 28.2. The maximum Gasteiger partial charge on any atom is 0.318 e. The highest BCUT2D eigenvalue weighted by molar-refractivity contribution is 6.33. The van der Waals surface area contributed by atoms with E-state index in [1.165, 1.54) is 77.0 Å². The second-order valence-electron chi connectivity index (χ2n) is 9.14. The van der Waals surface area contributed by atoms with Crippen LogP contribution in [0.15, 0.2) is 0 Å². The topological polar surface area (TPSA) is 35.5 Å². The minimum atomic E-state index is -0.0460. The molecule has 5 heteroatoms. The zero-order valence-corrected chi connectivity index (χ0v) is 21.1. The van der Waals surface area contributed by atoms with Crippen LogP contribution in [0.5, 0.6) is 0 Å². The number of hydrogen-bond donors (Lipinski definition) is 0. The van der Waals surface area contributed by atoms with Gasteiger partial charge >= 0.3 is 9.76 Å². The Morgan fingerprint density at radius 1 is 1.00 bits per heavy atom. The predicted molar refractivity (Wildman–Crippen MR) is 121 cm³/mol. The van der Waals surface area contributed by atoms with Crippen LogP contribution in [0.25, 0.3) is 0 Å². The molecule has 1 atom stereocenters. The lowest BCUT2D eigenvalue weighted by Gasteiger charge is -2.40. The van der Waals surface area contributed by atoms with E-state index in [9.17, 15) is 4.79 Å². The number of hydrogen-bond acceptors (Lipinski definition) is 3. The molecule has 1 unspecified atom stereocenters. The van der Waals surface area contributed by atoms with Gasteiger partial charge in [-0.15, -0.1) is 0 Å². The zero-order chi connectivity index (χ0) is 20.8. The highest BCUT2D eigenvalue weighted by Gasteiger charge is 2.35. The van der Waals surface area contributed by atoms with Crippen LogP contribution in [0.3, 0.4) is 0 Å². The Kier molecular flexibility index (Phi) is 13.7. The predicted octanol–water partition coefficient (Wildman–Crippen LogP) is 6.76. The summed E-state index contributed by atoms with van der Waals surface area (Å²) in [7, 11) is 0.738. The van der Waals surface area contributed by atoms with Gasteiger partial charge in [-0.25, -0.2) is 0 Å². The maximum atomic E-state index is 12.3. The van der Waals surface area contributed by atoms with Gasteiger partial charge in [-0.05, 0) is 69.4 Å². The quantitative estimate of drug-likeness (QED) is 0.215. The Hall–Kier alpha value is -0.136. The van der Waals surface area contributed by atoms with Crippen LogP contribution in [0.2, 0.25) is 11.6 Å². The molecule has 0 aromatic heterocycles. The molecule has 28 heavy (non-hydrogen) atoms. The Balaban J connectivity index is 2.35. The Morgan fingerprint density at radius 3 is 2.07 bits per heavy atom. The van der Waals surface area contributed by atoms with Gasteiger partial charge in [0.1, 0.15) is 0 Å². The van der Waals surface area contributed by atoms with Gasteiger partial charge in [-0.3, -0.25) is 4.79 Å². The first kappa shape index (κ1) is 25.9. The lowest BCUT2D eigenvalue weighted by molar-refractivity contribution is -0.137. The van der Waals surface area contributed by atoms with Gasteiger partial charge in [0.05, 0.1) is 5.92 Å². The smallest absolute Gasteiger partial charge is 0.318 e. The van der Waals surface area contributed by atoms with Crippen molar-refractivity contribution < 1.29 is 13.6 Å². The van der Waals surface area contributed by atoms with Crippen molar-refractivity contribution in [1.82, 2.24) is 0 Å². The highest BCUT2D eigenvalue weighted by Crippen LogP contribution is 2.48. The molecule has 1 aliphatic carbocycles. The van der Waals surface area contributed by atoms with E-state index >= 15 is 0 Å². The SMILES string of the molecule is CCCCCC1(CCCCC)CCC([Si]OC(=O)C(C)C[Si]OC(C)C)CC1. The summed E-state index contributed by atoms with van der Waals surface area (Å²) in [5.74, 6) is -0.0729. The van der Waals surface area contributed by atoms with Crippen LogP contribution in [0, 0.1) is 11.3 Å². The second kappa shape index (κ2) is 14.8. The van der Waals surface area contributed by atoms with Crippen LogP contribution >= 0.6 is 0 Å². The molecule has 0 saturated heterocycles. The molecule has 0 amide bonds. The number of rotatable bonds is 15. The Bertz CT molecular complexity index is 395. The van der Waals surface area contributed by atoms with Crippen molar-refractivity contribution in [2.45, 2.75) is 129 Å². The van der Waals surface area contributed by atoms with Crippen molar-refractivity contribution in [2.24, 2.45) is 11.3 Å². The summed E-state index contributed by atoms with van der Waals surface area (Å²) in [5, 5.41) is 0. The average molecular weight is 425 g/mol. The standard InChI is InChI=1S/C23H44O3Si2/c1-6-8-10-14-23(15-11-9-7-2)16-12-21(13-17-23)28-26-22(24)20(5)18-27-25-19(3)4/h19-21H,6-18H2,1-5H3. The molecular formula is C23H44O3Si2. The molecule has 0 aliphatic heterocycles. The van der Waals surface area contributed by atoms with Crippen molar-refractivity contribution in [3.8, 4) is 0 Å². The fourth-order valence-electron chi connectivity index (χ4n) is 4.14. The summed E-state index contributed by atoms with van der Waals surface area (Å²) in [6.07, 6.45) is 16.4. The zero-order valence-electron chi connectivity index (χ0n) is 19.1. The van der Waals surface area contributed by atoms with Crippen LogP contribution in [0.1, 0.15) is 112 Å². The summed E-state index contributed by atoms with van der Waals surface area (Å²) < 4.78 is 11.3. The number of unbranched alkanes of at least 4 members (excludes halogenated alkanes) is 4. The van der Waals surface area contributed by atoms with Crippen molar-refractivity contribution in [1.29, 1.82) is 0 Å². The summed E-state index contributed by atoms with van der Waals surface area (Å²) in [6.45, 7) is 10.6.